The lowest BCUT2D eigenvalue weighted by Crippen LogP contribution is -2.09. The molecule has 0 bridgehead atoms. The third-order valence-electron chi connectivity index (χ3n) is 2.70. The zero-order valence-corrected chi connectivity index (χ0v) is 10.4. The lowest BCUT2D eigenvalue weighted by molar-refractivity contribution is 0.505. The van der Waals surface area contributed by atoms with Crippen LogP contribution in [0.1, 0.15) is 30.0 Å². The van der Waals surface area contributed by atoms with Crippen LogP contribution in [0.5, 0.6) is 0 Å². The molecule has 0 saturated carbocycles. The Kier molecular flexibility index (Phi) is 3.82. The first-order valence-electron chi connectivity index (χ1n) is 5.58. The van der Waals surface area contributed by atoms with Crippen LogP contribution in [0, 0.1) is 0 Å². The molecule has 0 aliphatic heterocycles. The summed E-state index contributed by atoms with van der Waals surface area (Å²) in [6.45, 7) is 2.61. The third-order valence-corrected chi connectivity index (χ3v) is 2.95. The Morgan fingerprint density at radius 1 is 1.35 bits per heavy atom. The number of halogens is 1. The van der Waals surface area contributed by atoms with Gasteiger partial charge in [0, 0.05) is 23.9 Å². The van der Waals surface area contributed by atoms with Crippen LogP contribution in [0.3, 0.4) is 0 Å². The van der Waals surface area contributed by atoms with Gasteiger partial charge in [-0.05, 0) is 17.7 Å². The maximum Gasteiger partial charge on any atom is 0.198 e. The second-order valence-corrected chi connectivity index (χ2v) is 4.54. The highest BCUT2D eigenvalue weighted by Gasteiger charge is 2.10. The van der Waals surface area contributed by atoms with Crippen molar-refractivity contribution in [3.8, 4) is 0 Å². The molecule has 0 amide bonds. The zero-order valence-electron chi connectivity index (χ0n) is 9.69. The summed E-state index contributed by atoms with van der Waals surface area (Å²) >= 11 is 5.83. The predicted molar refractivity (Wildman–Crippen MR) is 68.2 cm³/mol. The van der Waals surface area contributed by atoms with Crippen molar-refractivity contribution < 1.29 is 4.42 Å². The maximum atomic E-state index is 5.83. The summed E-state index contributed by atoms with van der Waals surface area (Å²) in [6.07, 6.45) is 2.36. The van der Waals surface area contributed by atoms with E-state index in [9.17, 15) is 0 Å². The molecule has 1 aromatic carbocycles. The summed E-state index contributed by atoms with van der Waals surface area (Å²) in [5.41, 5.74) is 7.63. The molecular formula is C13H15ClN2O. The monoisotopic (exact) mass is 250 g/mol. The number of nitrogens with two attached hydrogens (primary N) is 1. The second-order valence-electron chi connectivity index (χ2n) is 4.11. The molecule has 2 N–H and O–H groups in total. The number of hydrogen-bond acceptors (Lipinski definition) is 3. The van der Waals surface area contributed by atoms with Gasteiger partial charge in [-0.25, -0.2) is 4.98 Å². The minimum Gasteiger partial charge on any atom is -0.448 e. The summed E-state index contributed by atoms with van der Waals surface area (Å²) in [5, 5.41) is 0.735. The molecule has 0 aliphatic carbocycles. The van der Waals surface area contributed by atoms with Gasteiger partial charge in [0.25, 0.3) is 0 Å². The highest BCUT2D eigenvalue weighted by molar-refractivity contribution is 6.30. The van der Waals surface area contributed by atoms with E-state index in [0.717, 1.165) is 16.3 Å². The van der Waals surface area contributed by atoms with Crippen molar-refractivity contribution in [2.24, 2.45) is 5.73 Å². The lowest BCUT2D eigenvalue weighted by Gasteiger charge is -2.01. The maximum absolute atomic E-state index is 5.83. The number of oxazole rings is 1. The lowest BCUT2D eigenvalue weighted by atomic mass is 10.1. The molecule has 0 radical (unpaired) electrons. The minimum atomic E-state index is 0.234. The summed E-state index contributed by atoms with van der Waals surface area (Å²) in [5.74, 6) is 0.945. The van der Waals surface area contributed by atoms with E-state index in [1.807, 2.05) is 31.2 Å². The van der Waals surface area contributed by atoms with Crippen molar-refractivity contribution >= 4 is 11.6 Å². The van der Waals surface area contributed by atoms with Crippen LogP contribution in [0.15, 0.2) is 34.9 Å². The van der Waals surface area contributed by atoms with E-state index in [-0.39, 0.29) is 5.92 Å². The Bertz CT molecular complexity index is 478. The first kappa shape index (κ1) is 12.1. The van der Waals surface area contributed by atoms with Crippen molar-refractivity contribution in [1.82, 2.24) is 4.98 Å². The zero-order chi connectivity index (χ0) is 12.3. The fourth-order valence-corrected chi connectivity index (χ4v) is 1.66. The Labute approximate surface area is 106 Å². The summed E-state index contributed by atoms with van der Waals surface area (Å²) < 4.78 is 5.42. The molecule has 2 aromatic rings. The van der Waals surface area contributed by atoms with Gasteiger partial charge < -0.3 is 10.2 Å². The molecule has 0 saturated heterocycles. The van der Waals surface area contributed by atoms with Gasteiger partial charge in [-0.3, -0.25) is 0 Å². The molecule has 3 nitrogen and oxygen atoms in total. The molecular weight excluding hydrogens is 236 g/mol. The van der Waals surface area contributed by atoms with Crippen LogP contribution in [0.4, 0.5) is 0 Å². The van der Waals surface area contributed by atoms with Crippen LogP contribution in [-0.2, 0) is 6.42 Å². The second kappa shape index (κ2) is 5.34. The normalized spacial score (nSPS) is 12.6. The highest BCUT2D eigenvalue weighted by atomic mass is 35.5. The van der Waals surface area contributed by atoms with Crippen molar-refractivity contribution in [2.75, 3.05) is 6.54 Å². The molecule has 90 valence electrons. The molecule has 2 rings (SSSR count). The SMILES string of the molecule is CC(CN)c1coc(Cc2ccc(Cl)cc2)n1. The highest BCUT2D eigenvalue weighted by Crippen LogP contribution is 2.16. The third kappa shape index (κ3) is 3.08. The van der Waals surface area contributed by atoms with Crippen molar-refractivity contribution in [3.63, 3.8) is 0 Å². The molecule has 1 aromatic heterocycles. The standard InChI is InChI=1S/C13H15ClN2O/c1-9(7-15)12-8-17-13(16-12)6-10-2-4-11(14)5-3-10/h2-5,8-9H,6-7,15H2,1H3. The number of benzene rings is 1. The van der Waals surface area contributed by atoms with Crippen molar-refractivity contribution in [1.29, 1.82) is 0 Å². The molecule has 17 heavy (non-hydrogen) atoms. The van der Waals surface area contributed by atoms with Gasteiger partial charge in [0.2, 0.25) is 0 Å². The molecule has 1 unspecified atom stereocenters. The summed E-state index contributed by atoms with van der Waals surface area (Å²) in [6, 6.07) is 7.67. The van der Waals surface area contributed by atoms with E-state index >= 15 is 0 Å². The molecule has 4 heteroatoms. The van der Waals surface area contributed by atoms with Crippen LogP contribution >= 0.6 is 11.6 Å². The average molecular weight is 251 g/mol. The molecule has 0 aliphatic rings. The summed E-state index contributed by atoms with van der Waals surface area (Å²) in [7, 11) is 0. The van der Waals surface area contributed by atoms with Gasteiger partial charge >= 0.3 is 0 Å². The number of rotatable bonds is 4. The topological polar surface area (TPSA) is 52.0 Å². The summed E-state index contributed by atoms with van der Waals surface area (Å²) in [4.78, 5) is 4.42. The van der Waals surface area contributed by atoms with Gasteiger partial charge in [-0.2, -0.15) is 0 Å². The number of nitrogens with zero attached hydrogens (tertiary/aromatic N) is 1. The van der Waals surface area contributed by atoms with Crippen molar-refractivity contribution in [3.05, 3.63) is 52.7 Å². The van der Waals surface area contributed by atoms with Gasteiger partial charge in [-0.15, -0.1) is 0 Å². The molecule has 1 atom stereocenters. The van der Waals surface area contributed by atoms with E-state index < -0.39 is 0 Å². The van der Waals surface area contributed by atoms with Gasteiger partial charge in [0.15, 0.2) is 5.89 Å². The van der Waals surface area contributed by atoms with Crippen molar-refractivity contribution in [2.45, 2.75) is 19.3 Å². The minimum absolute atomic E-state index is 0.234. The van der Waals surface area contributed by atoms with Crippen LogP contribution in [-0.4, -0.2) is 11.5 Å². The fraction of sp³-hybridized carbons (Fsp3) is 0.308. The molecule has 0 fully saturated rings. The Morgan fingerprint density at radius 2 is 2.06 bits per heavy atom. The first-order chi connectivity index (χ1) is 8.19. The number of aromatic nitrogens is 1. The van der Waals surface area contributed by atoms with E-state index in [1.165, 1.54) is 0 Å². The Hall–Kier alpha value is -1.32. The van der Waals surface area contributed by atoms with Gasteiger partial charge in [0.1, 0.15) is 6.26 Å². The van der Waals surface area contributed by atoms with Crippen LogP contribution in [0.2, 0.25) is 5.02 Å². The molecule has 1 heterocycles. The first-order valence-corrected chi connectivity index (χ1v) is 5.95. The van der Waals surface area contributed by atoms with Gasteiger partial charge in [-0.1, -0.05) is 30.7 Å². The average Bonchev–Trinajstić information content (AvgIpc) is 2.80. The number of hydrogen-bond donors (Lipinski definition) is 1. The quantitative estimate of drug-likeness (QED) is 0.908. The van der Waals surface area contributed by atoms with E-state index in [2.05, 4.69) is 4.98 Å². The van der Waals surface area contributed by atoms with E-state index in [0.29, 0.717) is 18.9 Å². The molecule has 0 spiro atoms. The fourth-order valence-electron chi connectivity index (χ4n) is 1.53. The van der Waals surface area contributed by atoms with Crippen LogP contribution in [0.25, 0.3) is 0 Å². The van der Waals surface area contributed by atoms with Crippen LogP contribution < -0.4 is 5.73 Å². The Balaban J connectivity index is 2.08. The van der Waals surface area contributed by atoms with E-state index in [1.54, 1.807) is 6.26 Å². The predicted octanol–water partition coefficient (Wildman–Crippen LogP) is 2.98. The Morgan fingerprint density at radius 3 is 2.71 bits per heavy atom. The van der Waals surface area contributed by atoms with E-state index in [4.69, 9.17) is 21.8 Å². The largest absolute Gasteiger partial charge is 0.448 e. The smallest absolute Gasteiger partial charge is 0.198 e. The van der Waals surface area contributed by atoms with Gasteiger partial charge in [0.05, 0.1) is 5.69 Å².